The number of amides is 4. The average Bonchev–Trinajstić information content (AvgIpc) is 3.13. The first-order chi connectivity index (χ1) is 12.8. The van der Waals surface area contributed by atoms with E-state index in [1.165, 1.54) is 0 Å². The lowest BCUT2D eigenvalue weighted by Gasteiger charge is -2.19. The normalized spacial score (nSPS) is 18.9. The van der Waals surface area contributed by atoms with E-state index in [9.17, 15) is 14.4 Å². The molecule has 1 unspecified atom stereocenters. The maximum atomic E-state index is 12.1. The highest BCUT2D eigenvalue weighted by molar-refractivity contribution is 6.30. The molecular formula is C18H20ClN5O3. The molecule has 3 N–H and O–H groups in total. The zero-order chi connectivity index (χ0) is 19.4. The molecule has 3 rings (SSSR count). The van der Waals surface area contributed by atoms with E-state index < -0.39 is 11.6 Å². The quantitative estimate of drug-likeness (QED) is 0.632. The monoisotopic (exact) mass is 389 g/mol. The number of nitrogens with zero attached hydrogens (tertiary/aromatic N) is 2. The fourth-order valence-corrected chi connectivity index (χ4v) is 3.00. The van der Waals surface area contributed by atoms with Crippen molar-refractivity contribution in [2.24, 2.45) is 0 Å². The molecule has 0 aliphatic carbocycles. The van der Waals surface area contributed by atoms with Crippen molar-refractivity contribution in [3.8, 4) is 0 Å². The summed E-state index contributed by atoms with van der Waals surface area (Å²) in [6, 6.07) is 6.97. The number of imide groups is 1. The van der Waals surface area contributed by atoms with Crippen molar-refractivity contribution in [2.45, 2.75) is 38.3 Å². The molecule has 2 aromatic rings. The van der Waals surface area contributed by atoms with Gasteiger partial charge in [0.2, 0.25) is 5.91 Å². The molecule has 0 spiro atoms. The number of benzene rings is 1. The number of hydrogen-bond donors (Lipinski definition) is 3. The number of carbonyl (C=O) groups is 3. The first kappa shape index (κ1) is 18.9. The SMILES string of the molecule is CC1(CCCC(=O)Nc2cnn(Cc3ccc(Cl)cc3)c2)NC(=O)NC1=O. The molecule has 9 heteroatoms. The maximum Gasteiger partial charge on any atom is 0.322 e. The Balaban J connectivity index is 1.46. The molecule has 1 fully saturated rings. The minimum absolute atomic E-state index is 0.172. The fourth-order valence-electron chi connectivity index (χ4n) is 2.87. The highest BCUT2D eigenvalue weighted by atomic mass is 35.5. The van der Waals surface area contributed by atoms with Crippen LogP contribution in [0.15, 0.2) is 36.7 Å². The first-order valence-corrected chi connectivity index (χ1v) is 8.92. The smallest absolute Gasteiger partial charge is 0.322 e. The standard InChI is InChI=1S/C18H20ClN5O3/c1-18(16(26)22-17(27)23-18)8-2-3-15(25)21-14-9-20-24(11-14)10-12-4-6-13(19)7-5-12/h4-7,9,11H,2-3,8,10H2,1H3,(H,21,25)(H2,22,23,26,27). The number of urea groups is 1. The summed E-state index contributed by atoms with van der Waals surface area (Å²) in [7, 11) is 0. The molecule has 1 aliphatic rings. The number of nitrogens with one attached hydrogen (secondary N) is 3. The van der Waals surface area contributed by atoms with Crippen LogP contribution in [0.4, 0.5) is 10.5 Å². The molecule has 0 saturated carbocycles. The van der Waals surface area contributed by atoms with Gasteiger partial charge in [0.05, 0.1) is 18.4 Å². The number of carbonyl (C=O) groups excluding carboxylic acids is 3. The summed E-state index contributed by atoms with van der Waals surface area (Å²) in [6.07, 6.45) is 4.42. The number of halogens is 1. The van der Waals surface area contributed by atoms with Gasteiger partial charge in [0.1, 0.15) is 5.54 Å². The fraction of sp³-hybridized carbons (Fsp3) is 0.333. The van der Waals surface area contributed by atoms with Gasteiger partial charge in [-0.3, -0.25) is 19.6 Å². The summed E-state index contributed by atoms with van der Waals surface area (Å²) < 4.78 is 1.72. The van der Waals surface area contributed by atoms with Crippen molar-refractivity contribution < 1.29 is 14.4 Å². The Morgan fingerprint density at radius 3 is 2.70 bits per heavy atom. The summed E-state index contributed by atoms with van der Waals surface area (Å²) in [5.41, 5.74) is 0.693. The van der Waals surface area contributed by atoms with Gasteiger partial charge in [0, 0.05) is 17.6 Å². The van der Waals surface area contributed by atoms with E-state index in [2.05, 4.69) is 21.0 Å². The van der Waals surface area contributed by atoms with Crippen molar-refractivity contribution in [2.75, 3.05) is 5.32 Å². The molecule has 2 heterocycles. The predicted octanol–water partition coefficient (Wildman–Crippen LogP) is 2.29. The topological polar surface area (TPSA) is 105 Å². The van der Waals surface area contributed by atoms with Gasteiger partial charge in [-0.25, -0.2) is 4.79 Å². The van der Waals surface area contributed by atoms with Crippen molar-refractivity contribution in [3.05, 3.63) is 47.2 Å². The second kappa shape index (κ2) is 7.79. The van der Waals surface area contributed by atoms with E-state index in [1.807, 2.05) is 24.3 Å². The number of hydrogen-bond acceptors (Lipinski definition) is 4. The van der Waals surface area contributed by atoms with Crippen LogP contribution >= 0.6 is 11.6 Å². The minimum Gasteiger partial charge on any atom is -0.324 e. The van der Waals surface area contributed by atoms with Crippen molar-refractivity contribution in [1.82, 2.24) is 20.4 Å². The molecule has 4 amide bonds. The molecule has 8 nitrogen and oxygen atoms in total. The Morgan fingerprint density at radius 1 is 1.30 bits per heavy atom. The van der Waals surface area contributed by atoms with Gasteiger partial charge in [-0.2, -0.15) is 5.10 Å². The molecule has 1 saturated heterocycles. The molecule has 142 valence electrons. The van der Waals surface area contributed by atoms with Gasteiger partial charge in [-0.05, 0) is 37.5 Å². The Labute approximate surface area is 161 Å². The highest BCUT2D eigenvalue weighted by Crippen LogP contribution is 2.18. The van der Waals surface area contributed by atoms with Crippen LogP contribution in [0.5, 0.6) is 0 Å². The van der Waals surface area contributed by atoms with Crippen molar-refractivity contribution >= 4 is 35.1 Å². The lowest BCUT2D eigenvalue weighted by Crippen LogP contribution is -2.43. The Morgan fingerprint density at radius 2 is 2.04 bits per heavy atom. The number of aromatic nitrogens is 2. The van der Waals surface area contributed by atoms with Crippen LogP contribution in [0.3, 0.4) is 0 Å². The molecule has 1 atom stereocenters. The van der Waals surface area contributed by atoms with Gasteiger partial charge in [-0.15, -0.1) is 0 Å². The summed E-state index contributed by atoms with van der Waals surface area (Å²) in [5, 5.41) is 12.5. The van der Waals surface area contributed by atoms with Crippen LogP contribution in [0.25, 0.3) is 0 Å². The molecule has 27 heavy (non-hydrogen) atoms. The van der Waals surface area contributed by atoms with E-state index in [4.69, 9.17) is 11.6 Å². The van der Waals surface area contributed by atoms with Crippen LogP contribution in [0, 0.1) is 0 Å². The van der Waals surface area contributed by atoms with Crippen LogP contribution in [0.1, 0.15) is 31.7 Å². The summed E-state index contributed by atoms with van der Waals surface area (Å²) >= 11 is 5.87. The highest BCUT2D eigenvalue weighted by Gasteiger charge is 2.41. The van der Waals surface area contributed by atoms with Crippen LogP contribution < -0.4 is 16.0 Å². The van der Waals surface area contributed by atoms with E-state index in [0.29, 0.717) is 30.1 Å². The molecular weight excluding hydrogens is 370 g/mol. The van der Waals surface area contributed by atoms with Crippen molar-refractivity contribution in [1.29, 1.82) is 0 Å². The van der Waals surface area contributed by atoms with E-state index in [1.54, 1.807) is 24.0 Å². The summed E-state index contributed by atoms with van der Waals surface area (Å²) in [4.78, 5) is 35.0. The second-order valence-electron chi connectivity index (χ2n) is 6.70. The molecule has 1 aliphatic heterocycles. The van der Waals surface area contributed by atoms with E-state index >= 15 is 0 Å². The maximum absolute atomic E-state index is 12.1. The Kier molecular flexibility index (Phi) is 5.46. The Hall–Kier alpha value is -2.87. The summed E-state index contributed by atoms with van der Waals surface area (Å²) in [6.45, 7) is 2.21. The third kappa shape index (κ3) is 4.85. The van der Waals surface area contributed by atoms with Gasteiger partial charge in [0.25, 0.3) is 5.91 Å². The number of anilines is 1. The van der Waals surface area contributed by atoms with Gasteiger partial charge in [0.15, 0.2) is 0 Å². The molecule has 0 radical (unpaired) electrons. The minimum atomic E-state index is -0.958. The predicted molar refractivity (Wildman–Crippen MR) is 100 cm³/mol. The molecule has 1 aromatic carbocycles. The van der Waals surface area contributed by atoms with E-state index in [-0.39, 0.29) is 18.2 Å². The zero-order valence-corrected chi connectivity index (χ0v) is 15.5. The van der Waals surface area contributed by atoms with Crippen LogP contribution in [-0.4, -0.2) is 33.2 Å². The third-order valence-electron chi connectivity index (χ3n) is 4.37. The zero-order valence-electron chi connectivity index (χ0n) is 14.8. The lowest BCUT2D eigenvalue weighted by molar-refractivity contribution is -0.124. The Bertz CT molecular complexity index is 864. The molecule has 1 aromatic heterocycles. The van der Waals surface area contributed by atoms with E-state index in [0.717, 1.165) is 5.56 Å². The van der Waals surface area contributed by atoms with Crippen molar-refractivity contribution in [3.63, 3.8) is 0 Å². The second-order valence-corrected chi connectivity index (χ2v) is 7.13. The van der Waals surface area contributed by atoms with Gasteiger partial charge >= 0.3 is 6.03 Å². The number of rotatable bonds is 7. The molecule has 0 bridgehead atoms. The van der Waals surface area contributed by atoms with Gasteiger partial charge < -0.3 is 10.6 Å². The van der Waals surface area contributed by atoms with Crippen LogP contribution in [0.2, 0.25) is 5.02 Å². The summed E-state index contributed by atoms with van der Waals surface area (Å²) in [5.74, 6) is -0.536. The lowest BCUT2D eigenvalue weighted by atomic mass is 9.95. The van der Waals surface area contributed by atoms with Gasteiger partial charge in [-0.1, -0.05) is 23.7 Å². The first-order valence-electron chi connectivity index (χ1n) is 8.54. The van der Waals surface area contributed by atoms with Crippen LogP contribution in [-0.2, 0) is 16.1 Å². The largest absolute Gasteiger partial charge is 0.324 e. The third-order valence-corrected chi connectivity index (χ3v) is 4.63. The average molecular weight is 390 g/mol.